The normalized spacial score (nSPS) is 10.2. The quantitative estimate of drug-likeness (QED) is 0.625. The summed E-state index contributed by atoms with van der Waals surface area (Å²) in [5.41, 5.74) is 4.50. The first-order valence-corrected chi connectivity index (χ1v) is 8.76. The maximum Gasteiger partial charge on any atom is 0.275 e. The summed E-state index contributed by atoms with van der Waals surface area (Å²) in [5.74, 6) is 0.0258. The molecule has 3 N–H and O–H groups in total. The Morgan fingerprint density at radius 2 is 1.68 bits per heavy atom. The van der Waals surface area contributed by atoms with Gasteiger partial charge in [0.15, 0.2) is 0 Å². The van der Waals surface area contributed by atoms with Crippen LogP contribution < -0.4 is 16.0 Å². The summed E-state index contributed by atoms with van der Waals surface area (Å²) in [6.45, 7) is 5.39. The van der Waals surface area contributed by atoms with Crippen molar-refractivity contribution in [3.8, 4) is 0 Å². The van der Waals surface area contributed by atoms with Gasteiger partial charge in [-0.15, -0.1) is 0 Å². The molecule has 1 heterocycles. The molecule has 2 amide bonds. The second-order valence-corrected chi connectivity index (χ2v) is 6.45. The molecule has 3 rings (SSSR count). The van der Waals surface area contributed by atoms with Gasteiger partial charge >= 0.3 is 0 Å². The van der Waals surface area contributed by atoms with E-state index < -0.39 is 0 Å². The highest BCUT2D eigenvalue weighted by Gasteiger charge is 2.10. The van der Waals surface area contributed by atoms with E-state index in [-0.39, 0.29) is 17.5 Å². The van der Waals surface area contributed by atoms with Crippen LogP contribution in [0.2, 0.25) is 0 Å². The Morgan fingerprint density at radius 3 is 2.36 bits per heavy atom. The Morgan fingerprint density at radius 1 is 0.893 bits per heavy atom. The Hall–Kier alpha value is -3.74. The monoisotopic (exact) mass is 375 g/mol. The zero-order valence-corrected chi connectivity index (χ0v) is 15.9. The smallest absolute Gasteiger partial charge is 0.275 e. The minimum absolute atomic E-state index is 0.142. The van der Waals surface area contributed by atoms with Gasteiger partial charge in [-0.2, -0.15) is 0 Å². The van der Waals surface area contributed by atoms with Crippen molar-refractivity contribution in [2.24, 2.45) is 0 Å². The predicted octanol–water partition coefficient (Wildman–Crippen LogP) is 4.05. The van der Waals surface area contributed by atoms with Gasteiger partial charge in [-0.3, -0.25) is 9.59 Å². The van der Waals surface area contributed by atoms with Gasteiger partial charge in [-0.05, 0) is 43.7 Å². The minimum atomic E-state index is -0.321. The lowest BCUT2D eigenvalue weighted by Crippen LogP contribution is -2.15. The standard InChI is InChI=1S/C21H21N5O2/c1-13-7-8-18(14(2)9-13)26-21(28)19-11-23-20(12-22-19)25-17-6-4-5-16(10-17)24-15(3)27/h4-12H,1-3H3,(H,23,25)(H,24,27)(H,26,28). The molecular formula is C21H21N5O2. The fourth-order valence-electron chi connectivity index (χ4n) is 2.68. The van der Waals surface area contributed by atoms with E-state index in [0.717, 1.165) is 22.5 Å². The summed E-state index contributed by atoms with van der Waals surface area (Å²) in [4.78, 5) is 32.0. The van der Waals surface area contributed by atoms with Crippen LogP contribution in [0.3, 0.4) is 0 Å². The van der Waals surface area contributed by atoms with Crippen LogP contribution in [0.4, 0.5) is 22.9 Å². The van der Waals surface area contributed by atoms with Gasteiger partial charge in [0.1, 0.15) is 11.5 Å². The highest BCUT2D eigenvalue weighted by Crippen LogP contribution is 2.19. The third-order valence-corrected chi connectivity index (χ3v) is 3.97. The topological polar surface area (TPSA) is 96.0 Å². The van der Waals surface area contributed by atoms with E-state index in [4.69, 9.17) is 0 Å². The molecule has 2 aromatic carbocycles. The SMILES string of the molecule is CC(=O)Nc1cccc(Nc2cnc(C(=O)Nc3ccc(C)cc3C)cn2)c1. The molecule has 0 spiro atoms. The van der Waals surface area contributed by atoms with Crippen LogP contribution in [-0.2, 0) is 4.79 Å². The number of anilines is 4. The van der Waals surface area contributed by atoms with Gasteiger partial charge in [0.25, 0.3) is 5.91 Å². The summed E-state index contributed by atoms with van der Waals surface area (Å²) in [5, 5.41) is 8.66. The third kappa shape index (κ3) is 4.91. The van der Waals surface area contributed by atoms with Crippen molar-refractivity contribution in [2.75, 3.05) is 16.0 Å². The van der Waals surface area contributed by atoms with Crippen LogP contribution in [0.5, 0.6) is 0 Å². The molecule has 0 saturated heterocycles. The van der Waals surface area contributed by atoms with Crippen LogP contribution in [0.1, 0.15) is 28.5 Å². The second kappa shape index (κ2) is 8.30. The van der Waals surface area contributed by atoms with Gasteiger partial charge in [0.05, 0.1) is 12.4 Å². The Balaban J connectivity index is 1.67. The molecule has 7 heteroatoms. The first-order chi connectivity index (χ1) is 13.4. The molecule has 0 bridgehead atoms. The summed E-state index contributed by atoms with van der Waals surface area (Å²) >= 11 is 0. The number of carbonyl (C=O) groups excluding carboxylic acids is 2. The van der Waals surface area contributed by atoms with E-state index in [1.807, 2.05) is 44.2 Å². The lowest BCUT2D eigenvalue weighted by molar-refractivity contribution is -0.114. The highest BCUT2D eigenvalue weighted by atomic mass is 16.2. The first kappa shape index (κ1) is 19.0. The number of nitrogens with one attached hydrogen (secondary N) is 3. The van der Waals surface area contributed by atoms with Crippen molar-refractivity contribution >= 4 is 34.7 Å². The average molecular weight is 375 g/mol. The van der Waals surface area contributed by atoms with Crippen molar-refractivity contribution in [3.63, 3.8) is 0 Å². The molecule has 1 aromatic heterocycles. The van der Waals surface area contributed by atoms with Gasteiger partial charge in [0.2, 0.25) is 5.91 Å². The Bertz CT molecular complexity index is 1020. The van der Waals surface area contributed by atoms with E-state index in [1.165, 1.54) is 19.3 Å². The van der Waals surface area contributed by atoms with Gasteiger partial charge < -0.3 is 16.0 Å². The van der Waals surface area contributed by atoms with Crippen LogP contribution in [-0.4, -0.2) is 21.8 Å². The van der Waals surface area contributed by atoms with Crippen LogP contribution in [0.25, 0.3) is 0 Å². The molecule has 7 nitrogen and oxygen atoms in total. The van der Waals surface area contributed by atoms with E-state index >= 15 is 0 Å². The summed E-state index contributed by atoms with van der Waals surface area (Å²) < 4.78 is 0. The summed E-state index contributed by atoms with van der Waals surface area (Å²) in [7, 11) is 0. The highest BCUT2D eigenvalue weighted by molar-refractivity contribution is 6.03. The number of carbonyl (C=O) groups is 2. The minimum Gasteiger partial charge on any atom is -0.339 e. The van der Waals surface area contributed by atoms with Crippen molar-refractivity contribution in [3.05, 3.63) is 71.7 Å². The van der Waals surface area contributed by atoms with Crippen molar-refractivity contribution in [1.29, 1.82) is 0 Å². The second-order valence-electron chi connectivity index (χ2n) is 6.45. The van der Waals surface area contributed by atoms with Gasteiger partial charge in [-0.25, -0.2) is 9.97 Å². The molecule has 0 unspecified atom stereocenters. The molecule has 3 aromatic rings. The number of nitrogens with zero attached hydrogens (tertiary/aromatic N) is 2. The van der Waals surface area contributed by atoms with Gasteiger partial charge in [-0.1, -0.05) is 23.8 Å². The van der Waals surface area contributed by atoms with Crippen LogP contribution in [0, 0.1) is 13.8 Å². The van der Waals surface area contributed by atoms with E-state index in [1.54, 1.807) is 12.1 Å². The lowest BCUT2D eigenvalue weighted by Gasteiger charge is -2.10. The maximum atomic E-state index is 12.4. The number of aryl methyl sites for hydroxylation is 2. The molecule has 0 fully saturated rings. The maximum absolute atomic E-state index is 12.4. The number of rotatable bonds is 5. The summed E-state index contributed by atoms with van der Waals surface area (Å²) in [6.07, 6.45) is 2.90. The zero-order valence-electron chi connectivity index (χ0n) is 15.9. The largest absolute Gasteiger partial charge is 0.339 e. The number of hydrogen-bond acceptors (Lipinski definition) is 5. The zero-order chi connectivity index (χ0) is 20.1. The fourth-order valence-corrected chi connectivity index (χ4v) is 2.68. The van der Waals surface area contributed by atoms with E-state index in [0.29, 0.717) is 11.5 Å². The Kier molecular flexibility index (Phi) is 5.64. The van der Waals surface area contributed by atoms with Crippen LogP contribution in [0.15, 0.2) is 54.9 Å². The molecule has 0 aliphatic carbocycles. The molecule has 0 aliphatic heterocycles. The molecule has 0 aliphatic rings. The lowest BCUT2D eigenvalue weighted by atomic mass is 10.1. The number of amides is 2. The molecule has 0 saturated carbocycles. The third-order valence-electron chi connectivity index (χ3n) is 3.97. The first-order valence-electron chi connectivity index (χ1n) is 8.76. The molecule has 142 valence electrons. The molecule has 28 heavy (non-hydrogen) atoms. The van der Waals surface area contributed by atoms with Crippen molar-refractivity contribution in [1.82, 2.24) is 9.97 Å². The van der Waals surface area contributed by atoms with Crippen molar-refractivity contribution in [2.45, 2.75) is 20.8 Å². The van der Waals surface area contributed by atoms with Crippen LogP contribution >= 0.6 is 0 Å². The number of aromatic nitrogens is 2. The van der Waals surface area contributed by atoms with Crippen molar-refractivity contribution < 1.29 is 9.59 Å². The number of hydrogen-bond donors (Lipinski definition) is 3. The molecular weight excluding hydrogens is 354 g/mol. The van der Waals surface area contributed by atoms with E-state index in [2.05, 4.69) is 25.9 Å². The van der Waals surface area contributed by atoms with E-state index in [9.17, 15) is 9.59 Å². The fraction of sp³-hybridized carbons (Fsp3) is 0.143. The molecule has 0 atom stereocenters. The molecule has 0 radical (unpaired) electrons. The van der Waals surface area contributed by atoms with Gasteiger partial charge in [0, 0.05) is 24.0 Å². The number of benzene rings is 2. The predicted molar refractivity (Wildman–Crippen MR) is 110 cm³/mol. The summed E-state index contributed by atoms with van der Waals surface area (Å²) in [6, 6.07) is 13.0. The average Bonchev–Trinajstić information content (AvgIpc) is 2.64. The Labute approximate surface area is 163 Å².